The minimum atomic E-state index is -0.417. The number of amides is 3. The van der Waals surface area contributed by atoms with Crippen molar-refractivity contribution in [1.29, 1.82) is 0 Å². The van der Waals surface area contributed by atoms with Crippen molar-refractivity contribution in [2.75, 3.05) is 31.1 Å². The smallest absolute Gasteiger partial charge is 0.294 e. The largest absolute Gasteiger partial charge is 0.372 e. The second kappa shape index (κ2) is 9.43. The standard InChI is InChI=1S/C19H25N3O3S/c1-4-11-20-17(23)13-22-18(24)16(26-19(22)25)12-14-7-9-15(10-8-14)21(5-2)6-3/h7-10,12H,4-6,11,13H2,1-3H3,(H,20,23)/b16-12-. The van der Waals surface area contributed by atoms with Crippen molar-refractivity contribution in [3.05, 3.63) is 34.7 Å². The van der Waals surface area contributed by atoms with E-state index < -0.39 is 11.1 Å². The summed E-state index contributed by atoms with van der Waals surface area (Å²) in [6, 6.07) is 7.85. The molecule has 1 fully saturated rings. The number of carbonyl (C=O) groups is 3. The molecule has 1 heterocycles. The number of anilines is 1. The van der Waals surface area contributed by atoms with Crippen LogP contribution in [0.1, 0.15) is 32.8 Å². The van der Waals surface area contributed by atoms with Gasteiger partial charge in [0.2, 0.25) is 5.91 Å². The number of nitrogens with one attached hydrogen (secondary N) is 1. The Labute approximate surface area is 158 Å². The fourth-order valence-electron chi connectivity index (χ4n) is 2.62. The van der Waals surface area contributed by atoms with Crippen molar-refractivity contribution in [2.24, 2.45) is 0 Å². The number of carbonyl (C=O) groups excluding carboxylic acids is 3. The van der Waals surface area contributed by atoms with Gasteiger partial charge in [-0.05, 0) is 55.8 Å². The number of imide groups is 1. The Morgan fingerprint density at radius 3 is 2.38 bits per heavy atom. The van der Waals surface area contributed by atoms with Crippen LogP contribution in [0.25, 0.3) is 6.08 Å². The van der Waals surface area contributed by atoms with E-state index in [2.05, 4.69) is 24.1 Å². The quantitative estimate of drug-likeness (QED) is 0.707. The first kappa shape index (κ1) is 20.0. The maximum atomic E-state index is 12.4. The van der Waals surface area contributed by atoms with Crippen molar-refractivity contribution in [1.82, 2.24) is 10.2 Å². The molecule has 0 radical (unpaired) electrons. The molecule has 1 aliphatic rings. The van der Waals surface area contributed by atoms with Crippen LogP contribution in [0.5, 0.6) is 0 Å². The molecule has 0 saturated carbocycles. The first-order chi connectivity index (χ1) is 12.5. The zero-order chi connectivity index (χ0) is 19.1. The highest BCUT2D eigenvalue weighted by Gasteiger charge is 2.36. The monoisotopic (exact) mass is 375 g/mol. The van der Waals surface area contributed by atoms with E-state index in [9.17, 15) is 14.4 Å². The number of hydrogen-bond donors (Lipinski definition) is 1. The summed E-state index contributed by atoms with van der Waals surface area (Å²) in [7, 11) is 0. The summed E-state index contributed by atoms with van der Waals surface area (Å²) in [5.41, 5.74) is 1.97. The third-order valence-corrected chi connectivity index (χ3v) is 4.97. The number of rotatable bonds is 8. The molecule has 1 saturated heterocycles. The summed E-state index contributed by atoms with van der Waals surface area (Å²) in [5.74, 6) is -0.738. The second-order valence-electron chi connectivity index (χ2n) is 5.88. The van der Waals surface area contributed by atoms with Crippen LogP contribution in [0.3, 0.4) is 0 Å². The first-order valence-corrected chi connectivity index (χ1v) is 9.68. The molecule has 0 atom stereocenters. The highest BCUT2D eigenvalue weighted by atomic mass is 32.2. The van der Waals surface area contributed by atoms with Gasteiger partial charge in [-0.2, -0.15) is 0 Å². The molecule has 0 bridgehead atoms. The summed E-state index contributed by atoms with van der Waals surface area (Å²) >= 11 is 0.870. The third kappa shape index (κ3) is 4.88. The summed E-state index contributed by atoms with van der Waals surface area (Å²) in [6.45, 7) is 8.29. The van der Waals surface area contributed by atoms with E-state index in [-0.39, 0.29) is 12.5 Å². The van der Waals surface area contributed by atoms with Gasteiger partial charge >= 0.3 is 0 Å². The van der Waals surface area contributed by atoms with E-state index in [4.69, 9.17) is 0 Å². The van der Waals surface area contributed by atoms with Crippen molar-refractivity contribution in [2.45, 2.75) is 27.2 Å². The lowest BCUT2D eigenvalue weighted by molar-refractivity contribution is -0.129. The zero-order valence-electron chi connectivity index (χ0n) is 15.4. The van der Waals surface area contributed by atoms with Crippen LogP contribution >= 0.6 is 11.8 Å². The fourth-order valence-corrected chi connectivity index (χ4v) is 3.46. The minimum absolute atomic E-state index is 0.233. The average molecular weight is 375 g/mol. The van der Waals surface area contributed by atoms with Gasteiger partial charge in [0.1, 0.15) is 6.54 Å². The summed E-state index contributed by atoms with van der Waals surface area (Å²) < 4.78 is 0. The predicted octanol–water partition coefficient (Wildman–Crippen LogP) is 3.10. The van der Waals surface area contributed by atoms with E-state index in [1.54, 1.807) is 6.08 Å². The average Bonchev–Trinajstić information content (AvgIpc) is 2.90. The Balaban J connectivity index is 2.08. The first-order valence-electron chi connectivity index (χ1n) is 8.87. The van der Waals surface area contributed by atoms with Gasteiger partial charge in [0.25, 0.3) is 11.1 Å². The van der Waals surface area contributed by atoms with Crippen LogP contribution in [0.4, 0.5) is 10.5 Å². The molecule has 3 amide bonds. The normalized spacial score (nSPS) is 15.7. The predicted molar refractivity (Wildman–Crippen MR) is 106 cm³/mol. The number of thioether (sulfide) groups is 1. The van der Waals surface area contributed by atoms with Gasteiger partial charge in [0, 0.05) is 25.3 Å². The molecule has 1 aromatic carbocycles. The maximum Gasteiger partial charge on any atom is 0.294 e. The van der Waals surface area contributed by atoms with E-state index >= 15 is 0 Å². The van der Waals surface area contributed by atoms with Crippen LogP contribution in [0.15, 0.2) is 29.2 Å². The lowest BCUT2D eigenvalue weighted by Crippen LogP contribution is -2.39. The molecule has 1 aromatic rings. The van der Waals surface area contributed by atoms with Crippen LogP contribution < -0.4 is 10.2 Å². The maximum absolute atomic E-state index is 12.4. The summed E-state index contributed by atoms with van der Waals surface area (Å²) in [4.78, 5) is 39.8. The molecule has 6 nitrogen and oxygen atoms in total. The Bertz CT molecular complexity index is 696. The van der Waals surface area contributed by atoms with E-state index in [1.807, 2.05) is 31.2 Å². The van der Waals surface area contributed by atoms with Gasteiger partial charge < -0.3 is 10.2 Å². The van der Waals surface area contributed by atoms with Crippen LogP contribution in [0.2, 0.25) is 0 Å². The van der Waals surface area contributed by atoms with Crippen molar-refractivity contribution < 1.29 is 14.4 Å². The topological polar surface area (TPSA) is 69.7 Å². The molecule has 2 rings (SSSR count). The summed E-state index contributed by atoms with van der Waals surface area (Å²) in [6.07, 6.45) is 2.50. The lowest BCUT2D eigenvalue weighted by atomic mass is 10.1. The molecule has 26 heavy (non-hydrogen) atoms. The van der Waals surface area contributed by atoms with E-state index in [0.717, 1.165) is 47.4 Å². The highest BCUT2D eigenvalue weighted by Crippen LogP contribution is 2.32. The van der Waals surface area contributed by atoms with Gasteiger partial charge in [-0.3, -0.25) is 19.3 Å². The van der Waals surface area contributed by atoms with E-state index in [0.29, 0.717) is 11.4 Å². The van der Waals surface area contributed by atoms with Gasteiger partial charge in [-0.25, -0.2) is 0 Å². The van der Waals surface area contributed by atoms with Crippen molar-refractivity contribution in [3.63, 3.8) is 0 Å². The van der Waals surface area contributed by atoms with Crippen LogP contribution in [0, 0.1) is 0 Å². The molecule has 0 aromatic heterocycles. The molecule has 140 valence electrons. The highest BCUT2D eigenvalue weighted by molar-refractivity contribution is 8.18. The molecular weight excluding hydrogens is 350 g/mol. The van der Waals surface area contributed by atoms with E-state index in [1.165, 1.54) is 0 Å². The fraction of sp³-hybridized carbons (Fsp3) is 0.421. The third-order valence-electron chi connectivity index (χ3n) is 4.07. The van der Waals surface area contributed by atoms with Gasteiger partial charge in [-0.15, -0.1) is 0 Å². The summed E-state index contributed by atoms with van der Waals surface area (Å²) in [5, 5.41) is 2.26. The van der Waals surface area contributed by atoms with Gasteiger partial charge in [0.05, 0.1) is 4.91 Å². The number of hydrogen-bond acceptors (Lipinski definition) is 5. The van der Waals surface area contributed by atoms with Crippen LogP contribution in [-0.2, 0) is 9.59 Å². The van der Waals surface area contributed by atoms with Crippen molar-refractivity contribution >= 4 is 40.6 Å². The molecule has 0 spiro atoms. The minimum Gasteiger partial charge on any atom is -0.372 e. The Hall–Kier alpha value is -2.28. The SMILES string of the molecule is CCCNC(=O)CN1C(=O)S/C(=C\c2ccc(N(CC)CC)cc2)C1=O. The molecule has 1 aliphatic heterocycles. The Morgan fingerprint density at radius 2 is 1.81 bits per heavy atom. The molecule has 0 unspecified atom stereocenters. The van der Waals surface area contributed by atoms with Gasteiger partial charge in [-0.1, -0.05) is 19.1 Å². The lowest BCUT2D eigenvalue weighted by Gasteiger charge is -2.20. The van der Waals surface area contributed by atoms with Crippen LogP contribution in [-0.4, -0.2) is 48.1 Å². The number of benzene rings is 1. The molecule has 7 heteroatoms. The Kier molecular flexibility index (Phi) is 7.26. The zero-order valence-corrected chi connectivity index (χ0v) is 16.3. The molecule has 0 aliphatic carbocycles. The van der Waals surface area contributed by atoms with Gasteiger partial charge in [0.15, 0.2) is 0 Å². The molecule has 1 N–H and O–H groups in total. The molecular formula is C19H25N3O3S. The second-order valence-corrected chi connectivity index (χ2v) is 6.87. The number of nitrogens with zero attached hydrogens (tertiary/aromatic N) is 2. The van der Waals surface area contributed by atoms with Crippen molar-refractivity contribution in [3.8, 4) is 0 Å². The Morgan fingerprint density at radius 1 is 1.15 bits per heavy atom.